The van der Waals surface area contributed by atoms with E-state index in [-0.39, 0.29) is 23.3 Å². The van der Waals surface area contributed by atoms with Gasteiger partial charge in [-0.3, -0.25) is 9.59 Å². The minimum Gasteiger partial charge on any atom is -0.469 e. The summed E-state index contributed by atoms with van der Waals surface area (Å²) in [7, 11) is 1.42. The van der Waals surface area contributed by atoms with Crippen molar-refractivity contribution >= 4 is 35.0 Å². The van der Waals surface area contributed by atoms with E-state index in [1.807, 2.05) is 24.4 Å². The van der Waals surface area contributed by atoms with Gasteiger partial charge in [0.05, 0.1) is 25.3 Å². The molecule has 1 N–H and O–H groups in total. The van der Waals surface area contributed by atoms with Gasteiger partial charge in [-0.1, -0.05) is 6.07 Å². The van der Waals surface area contributed by atoms with E-state index in [0.29, 0.717) is 12.2 Å². The maximum atomic E-state index is 11.9. The van der Waals surface area contributed by atoms with Crippen LogP contribution in [0.2, 0.25) is 0 Å². The van der Waals surface area contributed by atoms with Gasteiger partial charge < -0.3 is 10.1 Å². The Labute approximate surface area is 133 Å². The fourth-order valence-corrected chi connectivity index (χ4v) is 4.11. The molecule has 1 aliphatic rings. The number of carbonyl (C=O) groups is 2. The summed E-state index contributed by atoms with van der Waals surface area (Å²) < 4.78 is 4.72. The van der Waals surface area contributed by atoms with Crippen LogP contribution in [0.25, 0.3) is 0 Å². The second-order valence-corrected chi connectivity index (χ2v) is 7.52. The summed E-state index contributed by atoms with van der Waals surface area (Å²) in [6.45, 7) is 1.99. The van der Waals surface area contributed by atoms with Crippen LogP contribution in [0.15, 0.2) is 17.5 Å². The number of rotatable bonds is 8. The predicted molar refractivity (Wildman–Crippen MR) is 86.5 cm³/mol. The summed E-state index contributed by atoms with van der Waals surface area (Å²) >= 11 is 3.25. The van der Waals surface area contributed by atoms with Crippen LogP contribution >= 0.6 is 23.1 Å². The van der Waals surface area contributed by atoms with Gasteiger partial charge in [-0.2, -0.15) is 11.8 Å². The molecule has 116 valence electrons. The number of nitrogens with one attached hydrogen (secondary N) is 1. The number of amides is 1. The molecule has 0 spiro atoms. The molecule has 1 saturated carbocycles. The Morgan fingerprint density at radius 3 is 2.86 bits per heavy atom. The molecular formula is C15H21NO3S2. The first-order valence-corrected chi connectivity index (χ1v) is 9.05. The number of hydrogen-bond acceptors (Lipinski definition) is 5. The summed E-state index contributed by atoms with van der Waals surface area (Å²) in [6, 6.07) is 4.07. The minimum atomic E-state index is -0.149. The van der Waals surface area contributed by atoms with E-state index in [1.54, 1.807) is 23.1 Å². The molecule has 1 aromatic heterocycles. The summed E-state index contributed by atoms with van der Waals surface area (Å²) in [5, 5.41) is 5.01. The molecule has 1 fully saturated rings. The smallest absolute Gasteiger partial charge is 0.306 e. The van der Waals surface area contributed by atoms with Gasteiger partial charge in [0, 0.05) is 4.88 Å². The lowest BCUT2D eigenvalue weighted by atomic mass is 10.1. The molecule has 1 aliphatic carbocycles. The fourth-order valence-electron chi connectivity index (χ4n) is 2.18. The Kier molecular flexibility index (Phi) is 5.70. The van der Waals surface area contributed by atoms with Crippen LogP contribution in [0.4, 0.5) is 0 Å². The second-order valence-electron chi connectivity index (χ2n) is 5.55. The Morgan fingerprint density at radius 1 is 1.52 bits per heavy atom. The number of ether oxygens (including phenoxy) is 1. The van der Waals surface area contributed by atoms with Crippen molar-refractivity contribution in [3.63, 3.8) is 0 Å². The molecule has 21 heavy (non-hydrogen) atoms. The summed E-state index contributed by atoms with van der Waals surface area (Å²) in [5.74, 6) is 1.19. The van der Waals surface area contributed by atoms with E-state index in [1.165, 1.54) is 7.11 Å². The topological polar surface area (TPSA) is 55.4 Å². The maximum Gasteiger partial charge on any atom is 0.306 e. The van der Waals surface area contributed by atoms with Gasteiger partial charge in [0.15, 0.2) is 0 Å². The van der Waals surface area contributed by atoms with Crippen LogP contribution in [-0.4, -0.2) is 30.5 Å². The highest BCUT2D eigenvalue weighted by atomic mass is 32.2. The average Bonchev–Trinajstić information content (AvgIpc) is 3.00. The molecule has 6 heteroatoms. The highest BCUT2D eigenvalue weighted by molar-refractivity contribution is 8.00. The molecule has 1 atom stereocenters. The van der Waals surface area contributed by atoms with E-state index in [2.05, 4.69) is 5.32 Å². The third-order valence-corrected chi connectivity index (χ3v) is 6.03. The SMILES string of the molecule is COC(=O)CC1(CSCC(=O)NC(C)c2cccs2)CC1. The zero-order valence-electron chi connectivity index (χ0n) is 12.4. The van der Waals surface area contributed by atoms with Crippen LogP contribution < -0.4 is 5.32 Å². The highest BCUT2D eigenvalue weighted by Gasteiger charge is 2.44. The average molecular weight is 327 g/mol. The fraction of sp³-hybridized carbons (Fsp3) is 0.600. The molecule has 0 aliphatic heterocycles. The first-order chi connectivity index (χ1) is 10.0. The largest absolute Gasteiger partial charge is 0.469 e. The summed E-state index contributed by atoms with van der Waals surface area (Å²) in [5.41, 5.74) is 0.0808. The number of thioether (sulfide) groups is 1. The number of thiophene rings is 1. The normalized spacial score (nSPS) is 17.0. The van der Waals surface area contributed by atoms with E-state index in [4.69, 9.17) is 4.74 Å². The minimum absolute atomic E-state index is 0.0507. The molecule has 1 aromatic rings. The Bertz CT molecular complexity index is 483. The van der Waals surface area contributed by atoms with Gasteiger partial charge in [0.1, 0.15) is 0 Å². The van der Waals surface area contributed by atoms with Crippen LogP contribution in [-0.2, 0) is 14.3 Å². The third-order valence-electron chi connectivity index (χ3n) is 3.69. The van der Waals surface area contributed by atoms with Crippen molar-refractivity contribution in [1.82, 2.24) is 5.32 Å². The van der Waals surface area contributed by atoms with Gasteiger partial charge in [0.25, 0.3) is 0 Å². The number of methoxy groups -OCH3 is 1. The molecule has 2 rings (SSSR count). The van der Waals surface area contributed by atoms with Crippen molar-refractivity contribution in [3.05, 3.63) is 22.4 Å². The van der Waals surface area contributed by atoms with Gasteiger partial charge in [0.2, 0.25) is 5.91 Å². The molecule has 1 amide bonds. The Balaban J connectivity index is 1.67. The maximum absolute atomic E-state index is 11.9. The lowest BCUT2D eigenvalue weighted by Crippen LogP contribution is -2.28. The summed E-state index contributed by atoms with van der Waals surface area (Å²) in [4.78, 5) is 24.4. The predicted octanol–water partition coefficient (Wildman–Crippen LogP) is 3.00. The molecule has 0 saturated heterocycles. The van der Waals surface area contributed by atoms with Gasteiger partial charge in [-0.25, -0.2) is 0 Å². The number of carbonyl (C=O) groups excluding carboxylic acids is 2. The van der Waals surface area contributed by atoms with Crippen LogP contribution in [0.1, 0.15) is 37.1 Å². The van der Waals surface area contributed by atoms with Crippen LogP contribution in [0.3, 0.4) is 0 Å². The zero-order valence-corrected chi connectivity index (χ0v) is 14.0. The van der Waals surface area contributed by atoms with Crippen molar-refractivity contribution in [3.8, 4) is 0 Å². The standard InChI is InChI=1S/C15H21NO3S2/c1-11(12-4-3-7-21-12)16-13(17)9-20-10-15(5-6-15)8-14(18)19-2/h3-4,7,11H,5-6,8-10H2,1-2H3,(H,16,17). The first kappa shape index (κ1) is 16.4. The van der Waals surface area contributed by atoms with E-state index >= 15 is 0 Å². The molecule has 4 nitrogen and oxygen atoms in total. The van der Waals surface area contributed by atoms with Gasteiger partial charge in [-0.05, 0) is 42.4 Å². The van der Waals surface area contributed by atoms with Crippen molar-refractivity contribution < 1.29 is 14.3 Å². The Hall–Kier alpha value is -1.01. The summed E-state index contributed by atoms with van der Waals surface area (Å²) in [6.07, 6.45) is 2.59. The van der Waals surface area contributed by atoms with Crippen molar-refractivity contribution in [2.75, 3.05) is 18.6 Å². The lowest BCUT2D eigenvalue weighted by Gasteiger charge is -2.14. The molecule has 1 heterocycles. The number of hydrogen-bond donors (Lipinski definition) is 1. The van der Waals surface area contributed by atoms with Gasteiger partial charge >= 0.3 is 5.97 Å². The van der Waals surface area contributed by atoms with Gasteiger partial charge in [-0.15, -0.1) is 11.3 Å². The highest BCUT2D eigenvalue weighted by Crippen LogP contribution is 2.51. The third kappa shape index (κ3) is 5.04. The molecule has 0 radical (unpaired) electrons. The quantitative estimate of drug-likeness (QED) is 0.746. The first-order valence-electron chi connectivity index (χ1n) is 7.02. The van der Waals surface area contributed by atoms with Crippen LogP contribution in [0, 0.1) is 5.41 Å². The molecule has 0 bridgehead atoms. The van der Waals surface area contributed by atoms with Crippen molar-refractivity contribution in [1.29, 1.82) is 0 Å². The van der Waals surface area contributed by atoms with Crippen molar-refractivity contribution in [2.45, 2.75) is 32.2 Å². The van der Waals surface area contributed by atoms with E-state index in [9.17, 15) is 9.59 Å². The number of esters is 1. The second kappa shape index (κ2) is 7.31. The zero-order chi connectivity index (χ0) is 15.3. The van der Waals surface area contributed by atoms with E-state index < -0.39 is 0 Å². The van der Waals surface area contributed by atoms with Crippen LogP contribution in [0.5, 0.6) is 0 Å². The lowest BCUT2D eigenvalue weighted by molar-refractivity contribution is -0.141. The molecule has 0 aromatic carbocycles. The monoisotopic (exact) mass is 327 g/mol. The van der Waals surface area contributed by atoms with Crippen molar-refractivity contribution in [2.24, 2.45) is 5.41 Å². The van der Waals surface area contributed by atoms with E-state index in [0.717, 1.165) is 23.5 Å². The Morgan fingerprint density at radius 2 is 2.29 bits per heavy atom. The molecule has 1 unspecified atom stereocenters. The molecular weight excluding hydrogens is 306 g/mol.